The standard InChI is InChI=1S/C25H38N6.HI/c1-5-30(6-2)24-13-12-22(17-27-24)18-28-25(26-4)29-23-14-15-31(20(3)16-23)19-21-10-8-7-9-11-21;/h7-13,17,20,23H,5-6,14-16,18-19H2,1-4H3,(H2,26,28,29);1H. The van der Waals surface area contributed by atoms with Gasteiger partial charge < -0.3 is 15.5 Å². The van der Waals surface area contributed by atoms with E-state index in [0.29, 0.717) is 18.6 Å². The summed E-state index contributed by atoms with van der Waals surface area (Å²) < 4.78 is 0. The van der Waals surface area contributed by atoms with Crippen LogP contribution in [-0.2, 0) is 13.1 Å². The third kappa shape index (κ3) is 7.62. The van der Waals surface area contributed by atoms with Gasteiger partial charge in [-0.05, 0) is 50.8 Å². The summed E-state index contributed by atoms with van der Waals surface area (Å²) in [5.74, 6) is 1.90. The first-order valence-corrected chi connectivity index (χ1v) is 11.6. The van der Waals surface area contributed by atoms with Crippen LogP contribution in [0.4, 0.5) is 5.82 Å². The molecule has 3 rings (SSSR count). The molecule has 2 N–H and O–H groups in total. The highest BCUT2D eigenvalue weighted by atomic mass is 127. The van der Waals surface area contributed by atoms with E-state index in [1.807, 2.05) is 13.2 Å². The van der Waals surface area contributed by atoms with E-state index < -0.39 is 0 Å². The van der Waals surface area contributed by atoms with Gasteiger partial charge in [-0.25, -0.2) is 4.98 Å². The second-order valence-corrected chi connectivity index (χ2v) is 8.29. The zero-order chi connectivity index (χ0) is 22.1. The Kier molecular flexibility index (Phi) is 11.2. The number of pyridine rings is 1. The number of likely N-dealkylation sites (tertiary alicyclic amines) is 1. The van der Waals surface area contributed by atoms with Gasteiger partial charge in [-0.2, -0.15) is 0 Å². The molecule has 0 spiro atoms. The minimum Gasteiger partial charge on any atom is -0.357 e. The summed E-state index contributed by atoms with van der Waals surface area (Å²) in [5.41, 5.74) is 2.55. The lowest BCUT2D eigenvalue weighted by Gasteiger charge is -2.38. The number of benzene rings is 1. The molecule has 2 heterocycles. The molecule has 0 saturated carbocycles. The molecule has 2 aromatic rings. The average Bonchev–Trinajstić information content (AvgIpc) is 2.80. The van der Waals surface area contributed by atoms with Gasteiger partial charge in [-0.3, -0.25) is 9.89 Å². The van der Waals surface area contributed by atoms with E-state index in [1.54, 1.807) is 0 Å². The maximum atomic E-state index is 4.61. The molecule has 0 aliphatic carbocycles. The zero-order valence-corrected chi connectivity index (χ0v) is 22.3. The highest BCUT2D eigenvalue weighted by molar-refractivity contribution is 14.0. The monoisotopic (exact) mass is 550 g/mol. The fourth-order valence-corrected chi connectivity index (χ4v) is 4.23. The molecular formula is C25H39IN6. The Labute approximate surface area is 210 Å². The van der Waals surface area contributed by atoms with Crippen molar-refractivity contribution >= 4 is 35.8 Å². The first kappa shape index (κ1) is 26.4. The Hall–Kier alpha value is -1.87. The largest absolute Gasteiger partial charge is 0.357 e. The number of anilines is 1. The van der Waals surface area contributed by atoms with Gasteiger partial charge in [-0.1, -0.05) is 36.4 Å². The molecule has 176 valence electrons. The quantitative estimate of drug-likeness (QED) is 0.292. The average molecular weight is 551 g/mol. The molecule has 6 nitrogen and oxygen atoms in total. The summed E-state index contributed by atoms with van der Waals surface area (Å²) in [5, 5.41) is 7.07. The first-order chi connectivity index (χ1) is 15.1. The van der Waals surface area contributed by atoms with Crippen molar-refractivity contribution in [2.75, 3.05) is 31.6 Å². The molecule has 2 atom stereocenters. The van der Waals surface area contributed by atoms with Gasteiger partial charge in [-0.15, -0.1) is 24.0 Å². The van der Waals surface area contributed by atoms with Crippen molar-refractivity contribution in [3.05, 3.63) is 59.8 Å². The zero-order valence-electron chi connectivity index (χ0n) is 19.9. The SMILES string of the molecule is CCN(CC)c1ccc(CNC(=NC)NC2CCN(Cc3ccccc3)C(C)C2)cn1.I. The molecular weight excluding hydrogens is 511 g/mol. The van der Waals surface area contributed by atoms with Crippen molar-refractivity contribution in [2.24, 2.45) is 4.99 Å². The fraction of sp³-hybridized carbons (Fsp3) is 0.520. The molecule has 1 aromatic heterocycles. The van der Waals surface area contributed by atoms with Gasteiger partial charge in [0.15, 0.2) is 5.96 Å². The van der Waals surface area contributed by atoms with E-state index in [-0.39, 0.29) is 24.0 Å². The Bertz CT molecular complexity index is 807. The molecule has 0 amide bonds. The number of nitrogens with zero attached hydrogens (tertiary/aromatic N) is 4. The van der Waals surface area contributed by atoms with Crippen LogP contribution < -0.4 is 15.5 Å². The van der Waals surface area contributed by atoms with Crippen molar-refractivity contribution < 1.29 is 0 Å². The van der Waals surface area contributed by atoms with Crippen LogP contribution in [0.15, 0.2) is 53.7 Å². The maximum absolute atomic E-state index is 4.61. The summed E-state index contributed by atoms with van der Waals surface area (Å²) >= 11 is 0. The fourth-order valence-electron chi connectivity index (χ4n) is 4.23. The number of nitrogens with one attached hydrogen (secondary N) is 2. The van der Waals surface area contributed by atoms with Gasteiger partial charge in [0.05, 0.1) is 0 Å². The molecule has 2 unspecified atom stereocenters. The maximum Gasteiger partial charge on any atom is 0.191 e. The predicted molar refractivity (Wildman–Crippen MR) is 146 cm³/mol. The second-order valence-electron chi connectivity index (χ2n) is 8.29. The Balaban J connectivity index is 0.00000363. The summed E-state index contributed by atoms with van der Waals surface area (Å²) in [6.07, 6.45) is 4.20. The number of rotatable bonds is 8. The summed E-state index contributed by atoms with van der Waals surface area (Å²) in [4.78, 5) is 13.9. The van der Waals surface area contributed by atoms with Crippen LogP contribution in [0.5, 0.6) is 0 Å². The lowest BCUT2D eigenvalue weighted by molar-refractivity contribution is 0.134. The molecule has 1 fully saturated rings. The molecule has 1 aromatic carbocycles. The topological polar surface area (TPSA) is 55.8 Å². The number of aliphatic imine (C=N–C) groups is 1. The number of halogens is 1. The third-order valence-electron chi connectivity index (χ3n) is 6.16. The smallest absolute Gasteiger partial charge is 0.191 e. The van der Waals surface area contributed by atoms with E-state index in [0.717, 1.165) is 56.4 Å². The van der Waals surface area contributed by atoms with Crippen molar-refractivity contribution in [2.45, 2.75) is 58.8 Å². The minimum absolute atomic E-state index is 0. The number of hydrogen-bond donors (Lipinski definition) is 2. The third-order valence-corrected chi connectivity index (χ3v) is 6.16. The molecule has 32 heavy (non-hydrogen) atoms. The van der Waals surface area contributed by atoms with E-state index in [9.17, 15) is 0 Å². The highest BCUT2D eigenvalue weighted by Gasteiger charge is 2.25. The van der Waals surface area contributed by atoms with Crippen LogP contribution in [0.2, 0.25) is 0 Å². The van der Waals surface area contributed by atoms with Crippen LogP contribution in [0.1, 0.15) is 44.7 Å². The predicted octanol–water partition coefficient (Wildman–Crippen LogP) is 4.26. The van der Waals surface area contributed by atoms with Crippen molar-refractivity contribution in [1.29, 1.82) is 0 Å². The first-order valence-electron chi connectivity index (χ1n) is 11.6. The minimum atomic E-state index is 0. The van der Waals surface area contributed by atoms with Gasteiger partial charge in [0.2, 0.25) is 0 Å². The summed E-state index contributed by atoms with van der Waals surface area (Å²) in [6, 6.07) is 16.0. The Morgan fingerprint density at radius 2 is 1.88 bits per heavy atom. The molecule has 1 aliphatic rings. The Morgan fingerprint density at radius 1 is 1.12 bits per heavy atom. The van der Waals surface area contributed by atoms with Gasteiger partial charge in [0.1, 0.15) is 5.82 Å². The van der Waals surface area contributed by atoms with E-state index in [2.05, 4.69) is 93.6 Å². The summed E-state index contributed by atoms with van der Waals surface area (Å²) in [7, 11) is 1.84. The lowest BCUT2D eigenvalue weighted by atomic mass is 9.97. The lowest BCUT2D eigenvalue weighted by Crippen LogP contribution is -2.51. The number of guanidine groups is 1. The molecule has 1 saturated heterocycles. The number of hydrogen-bond acceptors (Lipinski definition) is 4. The van der Waals surface area contributed by atoms with Crippen molar-refractivity contribution in [3.8, 4) is 0 Å². The molecule has 0 bridgehead atoms. The van der Waals surface area contributed by atoms with Crippen LogP contribution >= 0.6 is 24.0 Å². The number of aromatic nitrogens is 1. The highest BCUT2D eigenvalue weighted by Crippen LogP contribution is 2.20. The van der Waals surface area contributed by atoms with Crippen LogP contribution in [0, 0.1) is 0 Å². The van der Waals surface area contributed by atoms with E-state index in [4.69, 9.17) is 0 Å². The van der Waals surface area contributed by atoms with E-state index >= 15 is 0 Å². The summed E-state index contributed by atoms with van der Waals surface area (Å²) in [6.45, 7) is 11.4. The molecule has 0 radical (unpaired) electrons. The normalized spacial score (nSPS) is 19.2. The number of piperidine rings is 1. The van der Waals surface area contributed by atoms with E-state index in [1.165, 1.54) is 5.56 Å². The van der Waals surface area contributed by atoms with Crippen LogP contribution in [0.3, 0.4) is 0 Å². The van der Waals surface area contributed by atoms with Crippen LogP contribution in [0.25, 0.3) is 0 Å². The molecule has 7 heteroatoms. The Morgan fingerprint density at radius 3 is 2.47 bits per heavy atom. The molecule has 1 aliphatic heterocycles. The van der Waals surface area contributed by atoms with Gasteiger partial charge in [0.25, 0.3) is 0 Å². The van der Waals surface area contributed by atoms with Gasteiger partial charge in [0, 0.05) is 58.1 Å². The van der Waals surface area contributed by atoms with Crippen molar-refractivity contribution in [1.82, 2.24) is 20.5 Å². The van der Waals surface area contributed by atoms with Crippen molar-refractivity contribution in [3.63, 3.8) is 0 Å². The van der Waals surface area contributed by atoms with Gasteiger partial charge >= 0.3 is 0 Å². The van der Waals surface area contributed by atoms with Crippen LogP contribution in [-0.4, -0.2) is 54.6 Å². The second kappa shape index (κ2) is 13.6.